The van der Waals surface area contributed by atoms with E-state index in [0.29, 0.717) is 0 Å². The Morgan fingerprint density at radius 2 is 2.03 bits per heavy atom. The van der Waals surface area contributed by atoms with Crippen molar-refractivity contribution < 1.29 is 4.79 Å². The van der Waals surface area contributed by atoms with E-state index >= 15 is 0 Å². The van der Waals surface area contributed by atoms with Crippen molar-refractivity contribution in [1.82, 2.24) is 20.2 Å². The average Bonchev–Trinajstić information content (AvgIpc) is 3.26. The van der Waals surface area contributed by atoms with Gasteiger partial charge in [0.15, 0.2) is 0 Å². The van der Waals surface area contributed by atoms with Crippen LogP contribution in [0.5, 0.6) is 0 Å². The molecule has 156 valence electrons. The lowest BCUT2D eigenvalue weighted by atomic mass is 9.84. The van der Waals surface area contributed by atoms with Crippen LogP contribution >= 0.6 is 11.3 Å². The third kappa shape index (κ3) is 4.25. The van der Waals surface area contributed by atoms with Gasteiger partial charge in [-0.3, -0.25) is 14.7 Å². The van der Waals surface area contributed by atoms with Gasteiger partial charge in [-0.2, -0.15) is 0 Å². The molecule has 3 aromatic rings. The van der Waals surface area contributed by atoms with E-state index in [1.807, 2.05) is 35.8 Å². The lowest BCUT2D eigenvalue weighted by Crippen LogP contribution is -2.38. The van der Waals surface area contributed by atoms with E-state index in [4.69, 9.17) is 0 Å². The van der Waals surface area contributed by atoms with Crippen LogP contribution in [0.4, 0.5) is 0 Å². The summed E-state index contributed by atoms with van der Waals surface area (Å²) in [4.78, 5) is 25.7. The molecule has 1 amide bonds. The van der Waals surface area contributed by atoms with Crippen LogP contribution in [0.2, 0.25) is 0 Å². The maximum atomic E-state index is 12.9. The number of fused-ring (bicyclic) bond motifs is 2. The quantitative estimate of drug-likeness (QED) is 0.663. The zero-order chi connectivity index (χ0) is 20.3. The van der Waals surface area contributed by atoms with Crippen LogP contribution in [0.15, 0.2) is 42.0 Å². The van der Waals surface area contributed by atoms with E-state index < -0.39 is 0 Å². The molecule has 1 aromatic carbocycles. The number of hydrogen-bond acceptors (Lipinski definition) is 5. The summed E-state index contributed by atoms with van der Waals surface area (Å²) in [6.07, 6.45) is 8.72. The van der Waals surface area contributed by atoms with Crippen LogP contribution in [0.3, 0.4) is 0 Å². The number of benzene rings is 1. The molecule has 3 heterocycles. The number of carbonyl (C=O) groups excluding carboxylic acids is 1. The standard InChI is InChI=1S/C24H28N4OS/c29-24(20-3-1-5-21-19(20)4-2-12-25-21)27-18-8-6-17(7-9-18)10-13-28-14-11-22-23(15-28)30-16-26-22/h1-5,12,16-18H,6-11,13-15H2,(H,27,29). The monoisotopic (exact) mass is 420 g/mol. The molecule has 2 aromatic heterocycles. The molecule has 0 atom stereocenters. The Kier molecular flexibility index (Phi) is 5.77. The Balaban J connectivity index is 1.10. The van der Waals surface area contributed by atoms with Crippen molar-refractivity contribution >= 4 is 28.1 Å². The average molecular weight is 421 g/mol. The van der Waals surface area contributed by atoms with E-state index in [0.717, 1.165) is 54.7 Å². The Labute approximate surface area is 181 Å². The summed E-state index contributed by atoms with van der Waals surface area (Å²) in [6.45, 7) is 3.40. The van der Waals surface area contributed by atoms with Crippen molar-refractivity contribution in [3.8, 4) is 0 Å². The molecule has 1 aliphatic carbocycles. The highest BCUT2D eigenvalue weighted by Gasteiger charge is 2.25. The molecule has 5 nitrogen and oxygen atoms in total. The number of pyridine rings is 1. The number of nitrogens with one attached hydrogen (secondary N) is 1. The topological polar surface area (TPSA) is 58.1 Å². The second kappa shape index (κ2) is 8.82. The lowest BCUT2D eigenvalue weighted by Gasteiger charge is -2.32. The van der Waals surface area contributed by atoms with E-state index in [-0.39, 0.29) is 11.9 Å². The molecule has 1 aliphatic heterocycles. The maximum Gasteiger partial charge on any atom is 0.252 e. The van der Waals surface area contributed by atoms with Crippen molar-refractivity contribution in [2.45, 2.75) is 51.1 Å². The molecule has 0 spiro atoms. The third-order valence-corrected chi connectivity index (χ3v) is 7.54. The first-order valence-corrected chi connectivity index (χ1v) is 11.9. The summed E-state index contributed by atoms with van der Waals surface area (Å²) < 4.78 is 0. The van der Waals surface area contributed by atoms with Gasteiger partial charge in [0.1, 0.15) is 0 Å². The summed E-state index contributed by atoms with van der Waals surface area (Å²) in [5.41, 5.74) is 4.90. The zero-order valence-corrected chi connectivity index (χ0v) is 18.0. The fraction of sp³-hybridized carbons (Fsp3) is 0.458. The minimum Gasteiger partial charge on any atom is -0.349 e. The zero-order valence-electron chi connectivity index (χ0n) is 17.2. The summed E-state index contributed by atoms with van der Waals surface area (Å²) in [6, 6.07) is 9.92. The SMILES string of the molecule is O=C(NC1CCC(CCN2CCc3ncsc3C2)CC1)c1cccc2ncccc12. The Morgan fingerprint density at radius 1 is 1.13 bits per heavy atom. The molecule has 0 unspecified atom stereocenters. The van der Waals surface area contributed by atoms with E-state index in [2.05, 4.69) is 20.2 Å². The van der Waals surface area contributed by atoms with Crippen LogP contribution in [0, 0.1) is 5.92 Å². The summed E-state index contributed by atoms with van der Waals surface area (Å²) in [7, 11) is 0. The molecule has 1 saturated carbocycles. The number of rotatable bonds is 5. The van der Waals surface area contributed by atoms with Crippen LogP contribution < -0.4 is 5.32 Å². The molecule has 30 heavy (non-hydrogen) atoms. The molecule has 0 bridgehead atoms. The van der Waals surface area contributed by atoms with E-state index in [1.165, 1.54) is 36.4 Å². The number of hydrogen-bond donors (Lipinski definition) is 1. The first kappa shape index (κ1) is 19.6. The molecular formula is C24H28N4OS. The van der Waals surface area contributed by atoms with Crippen molar-refractivity contribution in [3.63, 3.8) is 0 Å². The third-order valence-electron chi connectivity index (χ3n) is 6.68. The molecule has 2 aliphatic rings. The van der Waals surface area contributed by atoms with Crippen molar-refractivity contribution in [3.05, 3.63) is 58.2 Å². The van der Waals surface area contributed by atoms with Crippen LogP contribution in [-0.4, -0.2) is 39.9 Å². The van der Waals surface area contributed by atoms with Crippen molar-refractivity contribution in [2.75, 3.05) is 13.1 Å². The van der Waals surface area contributed by atoms with E-state index in [1.54, 1.807) is 17.5 Å². The highest BCUT2D eigenvalue weighted by Crippen LogP contribution is 2.29. The second-order valence-corrected chi connectivity index (χ2v) is 9.54. The normalized spacial score (nSPS) is 22.0. The van der Waals surface area contributed by atoms with Gasteiger partial charge in [-0.15, -0.1) is 11.3 Å². The molecular weight excluding hydrogens is 392 g/mol. The fourth-order valence-electron chi connectivity index (χ4n) is 4.89. The number of aromatic nitrogens is 2. The summed E-state index contributed by atoms with van der Waals surface area (Å²) >= 11 is 1.80. The molecule has 5 rings (SSSR count). The van der Waals surface area contributed by atoms with Gasteiger partial charge in [-0.25, -0.2) is 4.98 Å². The highest BCUT2D eigenvalue weighted by atomic mass is 32.1. The van der Waals surface area contributed by atoms with Gasteiger partial charge in [-0.1, -0.05) is 12.1 Å². The van der Waals surface area contributed by atoms with Gasteiger partial charge < -0.3 is 5.32 Å². The van der Waals surface area contributed by atoms with Gasteiger partial charge in [0, 0.05) is 47.6 Å². The predicted octanol–water partition coefficient (Wildman–Crippen LogP) is 4.43. The maximum absolute atomic E-state index is 12.9. The minimum atomic E-state index is 0.0331. The van der Waals surface area contributed by atoms with Gasteiger partial charge in [0.25, 0.3) is 5.91 Å². The summed E-state index contributed by atoms with van der Waals surface area (Å²) in [5.74, 6) is 0.813. The molecule has 0 radical (unpaired) electrons. The van der Waals surface area contributed by atoms with Gasteiger partial charge in [0.05, 0.1) is 16.7 Å². The lowest BCUT2D eigenvalue weighted by molar-refractivity contribution is 0.0921. The Bertz CT molecular complexity index is 1020. The fourth-order valence-corrected chi connectivity index (χ4v) is 5.74. The van der Waals surface area contributed by atoms with Gasteiger partial charge in [0.2, 0.25) is 0 Å². The van der Waals surface area contributed by atoms with Crippen LogP contribution in [0.1, 0.15) is 53.0 Å². The van der Waals surface area contributed by atoms with Crippen molar-refractivity contribution in [2.24, 2.45) is 5.92 Å². The minimum absolute atomic E-state index is 0.0331. The number of thiazole rings is 1. The van der Waals surface area contributed by atoms with Crippen LogP contribution in [0.25, 0.3) is 10.9 Å². The molecule has 1 fully saturated rings. The van der Waals surface area contributed by atoms with E-state index in [9.17, 15) is 4.79 Å². The molecule has 0 saturated heterocycles. The second-order valence-electron chi connectivity index (χ2n) is 8.60. The van der Waals surface area contributed by atoms with Gasteiger partial charge in [-0.05, 0) is 62.8 Å². The van der Waals surface area contributed by atoms with Crippen molar-refractivity contribution in [1.29, 1.82) is 0 Å². The largest absolute Gasteiger partial charge is 0.349 e. The highest BCUT2D eigenvalue weighted by molar-refractivity contribution is 7.09. The number of carbonyl (C=O) groups is 1. The number of amides is 1. The van der Waals surface area contributed by atoms with Gasteiger partial charge >= 0.3 is 0 Å². The Hall–Kier alpha value is -2.31. The first-order chi connectivity index (χ1) is 14.8. The Morgan fingerprint density at radius 3 is 2.93 bits per heavy atom. The summed E-state index contributed by atoms with van der Waals surface area (Å²) in [5, 5.41) is 4.21. The van der Waals surface area contributed by atoms with Crippen LogP contribution in [-0.2, 0) is 13.0 Å². The molecule has 6 heteroatoms. The number of nitrogens with zero attached hydrogens (tertiary/aromatic N) is 3. The predicted molar refractivity (Wildman–Crippen MR) is 121 cm³/mol. The smallest absolute Gasteiger partial charge is 0.252 e. The molecule has 1 N–H and O–H groups in total. The first-order valence-electron chi connectivity index (χ1n) is 11.0.